The Morgan fingerprint density at radius 2 is 1.93 bits per heavy atom. The average molecular weight is 196 g/mol. The molecule has 0 saturated carbocycles. The van der Waals surface area contributed by atoms with Gasteiger partial charge in [-0.05, 0) is 12.2 Å². The Morgan fingerprint density at radius 3 is 2.36 bits per heavy atom. The third-order valence-corrected chi connectivity index (χ3v) is 2.16. The van der Waals surface area contributed by atoms with E-state index in [0.29, 0.717) is 5.70 Å². The van der Waals surface area contributed by atoms with Crippen LogP contribution in [0.2, 0.25) is 0 Å². The van der Waals surface area contributed by atoms with Crippen LogP contribution < -0.4 is 22.9 Å². The van der Waals surface area contributed by atoms with Gasteiger partial charge in [-0.15, -0.1) is 0 Å². The van der Waals surface area contributed by atoms with Crippen LogP contribution in [0.1, 0.15) is 0 Å². The fourth-order valence-corrected chi connectivity index (χ4v) is 1.28. The number of allylic oxidation sites excluding steroid dienone is 1. The zero-order chi connectivity index (χ0) is 10.9. The molecule has 0 radical (unpaired) electrons. The molecule has 6 heteroatoms. The van der Waals surface area contributed by atoms with Crippen molar-refractivity contribution < 1.29 is 9.59 Å². The van der Waals surface area contributed by atoms with Gasteiger partial charge in [-0.2, -0.15) is 0 Å². The number of rotatable bonds is 2. The maximum atomic E-state index is 11.1. The summed E-state index contributed by atoms with van der Waals surface area (Å²) in [6, 6.07) is 0. The second-order valence-electron chi connectivity index (χ2n) is 3.18. The topological polar surface area (TPSA) is 138 Å². The Hall–Kier alpha value is -1.82. The van der Waals surface area contributed by atoms with Gasteiger partial charge in [0.05, 0.1) is 5.92 Å². The van der Waals surface area contributed by atoms with Crippen LogP contribution in [0.3, 0.4) is 0 Å². The van der Waals surface area contributed by atoms with Crippen LogP contribution in [0.4, 0.5) is 0 Å². The Labute approximate surface area is 80.6 Å². The Morgan fingerprint density at radius 1 is 1.36 bits per heavy atom. The maximum absolute atomic E-state index is 11.1. The Bertz CT molecular complexity index is 347. The molecule has 0 aromatic rings. The predicted octanol–water partition coefficient (Wildman–Crippen LogP) is -2.32. The molecule has 8 N–H and O–H groups in total. The number of hydrogen-bond acceptors (Lipinski definition) is 4. The molecule has 1 aliphatic rings. The quantitative estimate of drug-likeness (QED) is 0.394. The Balaban J connectivity index is 3.15. The summed E-state index contributed by atoms with van der Waals surface area (Å²) >= 11 is 0. The summed E-state index contributed by atoms with van der Waals surface area (Å²) in [7, 11) is 0. The van der Waals surface area contributed by atoms with Gasteiger partial charge in [0.15, 0.2) is 0 Å². The minimum atomic E-state index is -1.57. The van der Waals surface area contributed by atoms with Gasteiger partial charge in [0.25, 0.3) is 0 Å². The number of nitrogens with two attached hydrogens (primary N) is 4. The van der Waals surface area contributed by atoms with E-state index in [1.54, 1.807) is 0 Å². The average Bonchev–Trinajstić information content (AvgIpc) is 2.08. The maximum Gasteiger partial charge on any atom is 0.242 e. The van der Waals surface area contributed by atoms with Gasteiger partial charge < -0.3 is 22.9 Å². The van der Waals surface area contributed by atoms with E-state index in [1.807, 2.05) is 0 Å². The first-order chi connectivity index (χ1) is 6.38. The minimum Gasteiger partial charge on any atom is -0.399 e. The van der Waals surface area contributed by atoms with E-state index < -0.39 is 23.3 Å². The number of primary amides is 2. The van der Waals surface area contributed by atoms with E-state index in [9.17, 15) is 9.59 Å². The molecule has 0 heterocycles. The lowest BCUT2D eigenvalue weighted by atomic mass is 9.79. The normalized spacial score (nSPS) is 30.9. The fraction of sp³-hybridized carbons (Fsp3) is 0.250. The van der Waals surface area contributed by atoms with Gasteiger partial charge in [-0.3, -0.25) is 9.59 Å². The summed E-state index contributed by atoms with van der Waals surface area (Å²) in [6.07, 6.45) is 4.04. The minimum absolute atomic E-state index is 0.330. The molecule has 1 aliphatic carbocycles. The largest absolute Gasteiger partial charge is 0.399 e. The van der Waals surface area contributed by atoms with Gasteiger partial charge >= 0.3 is 0 Å². The highest BCUT2D eigenvalue weighted by Crippen LogP contribution is 2.23. The molecule has 0 aromatic heterocycles. The number of hydrogen-bond donors (Lipinski definition) is 4. The molecule has 2 amide bonds. The molecule has 2 unspecified atom stereocenters. The molecule has 6 nitrogen and oxygen atoms in total. The van der Waals surface area contributed by atoms with Crippen LogP contribution in [0, 0.1) is 5.92 Å². The van der Waals surface area contributed by atoms with Gasteiger partial charge in [0.2, 0.25) is 11.8 Å². The smallest absolute Gasteiger partial charge is 0.242 e. The molecule has 76 valence electrons. The van der Waals surface area contributed by atoms with Crippen molar-refractivity contribution in [2.75, 3.05) is 0 Å². The molecule has 0 fully saturated rings. The van der Waals surface area contributed by atoms with Gasteiger partial charge in [-0.1, -0.05) is 6.08 Å². The number of amides is 2. The van der Waals surface area contributed by atoms with Crippen molar-refractivity contribution in [3.05, 3.63) is 23.9 Å². The summed E-state index contributed by atoms with van der Waals surface area (Å²) < 4.78 is 0. The van der Waals surface area contributed by atoms with Crippen molar-refractivity contribution >= 4 is 11.8 Å². The van der Waals surface area contributed by atoms with Crippen LogP contribution >= 0.6 is 0 Å². The van der Waals surface area contributed by atoms with Crippen LogP contribution in [-0.4, -0.2) is 17.4 Å². The van der Waals surface area contributed by atoms with Crippen LogP contribution in [0.5, 0.6) is 0 Å². The molecular formula is C8H12N4O2. The fourth-order valence-electron chi connectivity index (χ4n) is 1.28. The van der Waals surface area contributed by atoms with Crippen molar-refractivity contribution in [2.45, 2.75) is 5.54 Å². The summed E-state index contributed by atoms with van der Waals surface area (Å²) in [6.45, 7) is 0. The summed E-state index contributed by atoms with van der Waals surface area (Å²) in [5.74, 6) is -2.55. The van der Waals surface area contributed by atoms with Gasteiger partial charge in [0, 0.05) is 5.70 Å². The van der Waals surface area contributed by atoms with Crippen LogP contribution in [0.25, 0.3) is 0 Å². The SMILES string of the molecule is NC(=O)C1C=C(N)C=CC1(N)C(N)=O. The van der Waals surface area contributed by atoms with Gasteiger partial charge in [-0.25, -0.2) is 0 Å². The first-order valence-corrected chi connectivity index (χ1v) is 3.92. The number of carbonyl (C=O) groups excluding carboxylic acids is 2. The van der Waals surface area contributed by atoms with E-state index in [2.05, 4.69) is 0 Å². The lowest BCUT2D eigenvalue weighted by Gasteiger charge is -2.30. The lowest BCUT2D eigenvalue weighted by molar-refractivity contribution is -0.129. The van der Waals surface area contributed by atoms with E-state index in [1.165, 1.54) is 18.2 Å². The molecule has 14 heavy (non-hydrogen) atoms. The highest BCUT2D eigenvalue weighted by Gasteiger charge is 2.42. The Kier molecular flexibility index (Phi) is 2.31. The standard InChI is InChI=1S/C8H12N4O2/c9-4-1-2-8(12,7(11)14)5(3-4)6(10)13/h1-3,5H,9,12H2,(H2,10,13)(H2,11,14). The van der Waals surface area contributed by atoms with E-state index in [4.69, 9.17) is 22.9 Å². The molecule has 1 rings (SSSR count). The van der Waals surface area contributed by atoms with Crippen molar-refractivity contribution in [1.29, 1.82) is 0 Å². The van der Waals surface area contributed by atoms with E-state index >= 15 is 0 Å². The molecule has 2 atom stereocenters. The first-order valence-electron chi connectivity index (χ1n) is 3.92. The van der Waals surface area contributed by atoms with Crippen molar-refractivity contribution in [3.63, 3.8) is 0 Å². The van der Waals surface area contributed by atoms with E-state index in [-0.39, 0.29) is 0 Å². The van der Waals surface area contributed by atoms with Crippen molar-refractivity contribution in [2.24, 2.45) is 28.9 Å². The summed E-state index contributed by atoms with van der Waals surface area (Å²) in [5, 5.41) is 0. The molecular weight excluding hydrogens is 184 g/mol. The van der Waals surface area contributed by atoms with Crippen LogP contribution in [0.15, 0.2) is 23.9 Å². The first kappa shape index (κ1) is 10.3. The third kappa shape index (κ3) is 1.47. The molecule has 0 aliphatic heterocycles. The lowest BCUT2D eigenvalue weighted by Crippen LogP contribution is -2.59. The predicted molar refractivity (Wildman–Crippen MR) is 50.2 cm³/mol. The second kappa shape index (κ2) is 3.15. The highest BCUT2D eigenvalue weighted by molar-refractivity contribution is 5.95. The molecule has 0 spiro atoms. The van der Waals surface area contributed by atoms with E-state index in [0.717, 1.165) is 0 Å². The molecule has 0 saturated heterocycles. The second-order valence-corrected chi connectivity index (χ2v) is 3.18. The zero-order valence-electron chi connectivity index (χ0n) is 7.44. The highest BCUT2D eigenvalue weighted by atomic mass is 16.2. The molecule has 0 aromatic carbocycles. The summed E-state index contributed by atoms with van der Waals surface area (Å²) in [5.41, 5.74) is 20.0. The monoisotopic (exact) mass is 196 g/mol. The third-order valence-electron chi connectivity index (χ3n) is 2.16. The van der Waals surface area contributed by atoms with Crippen molar-refractivity contribution in [1.82, 2.24) is 0 Å². The number of carbonyl (C=O) groups is 2. The van der Waals surface area contributed by atoms with Crippen LogP contribution in [-0.2, 0) is 9.59 Å². The summed E-state index contributed by atoms with van der Waals surface area (Å²) in [4.78, 5) is 22.1. The zero-order valence-corrected chi connectivity index (χ0v) is 7.44. The molecule has 0 bridgehead atoms. The van der Waals surface area contributed by atoms with Crippen molar-refractivity contribution in [3.8, 4) is 0 Å². The van der Waals surface area contributed by atoms with Gasteiger partial charge in [0.1, 0.15) is 5.54 Å².